The molecule has 1 amide bonds. The molecule has 3 aromatic rings. The molecule has 1 aromatic carbocycles. The predicted molar refractivity (Wildman–Crippen MR) is 97.2 cm³/mol. The zero-order valence-corrected chi connectivity index (χ0v) is 15.2. The van der Waals surface area contributed by atoms with Crippen LogP contribution in [0.2, 0.25) is 4.34 Å². The number of thioether (sulfide) groups is 1. The second-order valence-electron chi connectivity index (χ2n) is 5.19. The summed E-state index contributed by atoms with van der Waals surface area (Å²) < 4.78 is 2.77. The Morgan fingerprint density at radius 3 is 2.83 bits per heavy atom. The lowest BCUT2D eigenvalue weighted by Crippen LogP contribution is -2.27. The summed E-state index contributed by atoms with van der Waals surface area (Å²) in [6.45, 7) is 0.583. The van der Waals surface area contributed by atoms with Gasteiger partial charge in [0.25, 0.3) is 0 Å². The molecule has 0 unspecified atom stereocenters. The zero-order valence-electron chi connectivity index (χ0n) is 12.8. The van der Waals surface area contributed by atoms with Gasteiger partial charge in [-0.15, -0.1) is 11.3 Å². The van der Waals surface area contributed by atoms with Crippen molar-refractivity contribution in [3.8, 4) is 0 Å². The first-order valence-corrected chi connectivity index (χ1v) is 9.25. The van der Waals surface area contributed by atoms with E-state index < -0.39 is 0 Å². The van der Waals surface area contributed by atoms with E-state index in [1.54, 1.807) is 4.90 Å². The van der Waals surface area contributed by atoms with Crippen LogP contribution in [0.5, 0.6) is 0 Å². The maximum Gasteiger partial charge on any atom is 0.233 e. The van der Waals surface area contributed by atoms with Crippen LogP contribution in [0.1, 0.15) is 4.88 Å². The van der Waals surface area contributed by atoms with Gasteiger partial charge in [-0.3, -0.25) is 4.79 Å². The van der Waals surface area contributed by atoms with E-state index in [1.165, 1.54) is 23.1 Å². The predicted octanol–water partition coefficient (Wildman–Crippen LogP) is 4.04. The number of carbonyl (C=O) groups excluding carboxylic acids is 1. The summed E-state index contributed by atoms with van der Waals surface area (Å²) >= 11 is 8.89. The Labute approximate surface area is 148 Å². The summed E-state index contributed by atoms with van der Waals surface area (Å²) in [6, 6.07) is 11.8. The number of thiophene rings is 1. The molecule has 0 aliphatic rings. The van der Waals surface area contributed by atoms with Crippen LogP contribution in [-0.2, 0) is 18.4 Å². The van der Waals surface area contributed by atoms with Gasteiger partial charge in [0.2, 0.25) is 5.91 Å². The molecule has 0 radical (unpaired) electrons. The van der Waals surface area contributed by atoms with Gasteiger partial charge < -0.3 is 9.47 Å². The number of aromatic nitrogens is 2. The topological polar surface area (TPSA) is 38.1 Å². The minimum Gasteiger partial charge on any atom is -0.340 e. The van der Waals surface area contributed by atoms with Gasteiger partial charge in [-0.2, -0.15) is 0 Å². The number of imidazole rings is 1. The highest BCUT2D eigenvalue weighted by molar-refractivity contribution is 7.99. The van der Waals surface area contributed by atoms with E-state index in [0.29, 0.717) is 12.3 Å². The van der Waals surface area contributed by atoms with E-state index in [9.17, 15) is 4.79 Å². The van der Waals surface area contributed by atoms with Crippen molar-refractivity contribution >= 4 is 51.6 Å². The van der Waals surface area contributed by atoms with E-state index in [2.05, 4.69) is 4.98 Å². The zero-order chi connectivity index (χ0) is 16.4. The Bertz CT molecular complexity index is 843. The Kier molecular flexibility index (Phi) is 4.94. The smallest absolute Gasteiger partial charge is 0.233 e. The van der Waals surface area contributed by atoms with Crippen LogP contribution in [0.4, 0.5) is 0 Å². The molecule has 23 heavy (non-hydrogen) atoms. The van der Waals surface area contributed by atoms with Gasteiger partial charge in [-0.05, 0) is 24.3 Å². The second kappa shape index (κ2) is 6.95. The molecule has 0 atom stereocenters. The minimum atomic E-state index is 0.0755. The number of hydrogen-bond acceptors (Lipinski definition) is 4. The van der Waals surface area contributed by atoms with E-state index in [0.717, 1.165) is 25.4 Å². The molecular weight excluding hydrogens is 350 g/mol. The molecule has 3 rings (SSSR count). The first-order valence-electron chi connectivity index (χ1n) is 7.07. The van der Waals surface area contributed by atoms with E-state index >= 15 is 0 Å². The van der Waals surface area contributed by atoms with Crippen LogP contribution >= 0.6 is 34.7 Å². The third-order valence-corrected chi connectivity index (χ3v) is 5.75. The fourth-order valence-electron chi connectivity index (χ4n) is 2.25. The number of halogens is 1. The highest BCUT2D eigenvalue weighted by Crippen LogP contribution is 2.24. The molecule has 0 spiro atoms. The number of nitrogens with zero attached hydrogens (tertiary/aromatic N) is 3. The monoisotopic (exact) mass is 365 g/mol. The normalized spacial score (nSPS) is 11.1. The lowest BCUT2D eigenvalue weighted by molar-refractivity contribution is -0.127. The van der Waals surface area contributed by atoms with Crippen molar-refractivity contribution in [3.63, 3.8) is 0 Å². The molecule has 0 fully saturated rings. The van der Waals surface area contributed by atoms with Gasteiger partial charge in [-0.25, -0.2) is 4.98 Å². The lowest BCUT2D eigenvalue weighted by atomic mass is 10.3. The van der Waals surface area contributed by atoms with Crippen LogP contribution in [0, 0.1) is 0 Å². The molecule has 0 saturated heterocycles. The van der Waals surface area contributed by atoms with Crippen LogP contribution in [-0.4, -0.2) is 33.2 Å². The van der Waals surface area contributed by atoms with Crippen molar-refractivity contribution in [2.24, 2.45) is 7.05 Å². The molecule has 0 bridgehead atoms. The molecule has 0 aliphatic carbocycles. The van der Waals surface area contributed by atoms with Crippen molar-refractivity contribution in [2.45, 2.75) is 11.7 Å². The largest absolute Gasteiger partial charge is 0.340 e. The Morgan fingerprint density at radius 1 is 1.35 bits per heavy atom. The molecule has 0 saturated carbocycles. The van der Waals surface area contributed by atoms with E-state index in [-0.39, 0.29) is 5.91 Å². The van der Waals surface area contributed by atoms with Gasteiger partial charge in [0, 0.05) is 19.0 Å². The van der Waals surface area contributed by atoms with Crippen LogP contribution < -0.4 is 0 Å². The minimum absolute atomic E-state index is 0.0755. The number of benzene rings is 1. The number of amides is 1. The average molecular weight is 366 g/mol. The summed E-state index contributed by atoms with van der Waals surface area (Å²) in [5.41, 5.74) is 2.02. The van der Waals surface area contributed by atoms with Crippen molar-refractivity contribution in [1.82, 2.24) is 14.5 Å². The summed E-state index contributed by atoms with van der Waals surface area (Å²) in [4.78, 5) is 19.7. The maximum absolute atomic E-state index is 12.3. The number of aryl methyl sites for hydroxylation is 1. The molecule has 0 aliphatic heterocycles. The third-order valence-electron chi connectivity index (χ3n) is 3.52. The number of carbonyl (C=O) groups is 1. The third kappa shape index (κ3) is 3.71. The van der Waals surface area contributed by atoms with Gasteiger partial charge in [0.05, 0.1) is 27.7 Å². The van der Waals surface area contributed by atoms with Gasteiger partial charge in [0.15, 0.2) is 5.16 Å². The SMILES string of the molecule is CN(Cc1ccc(Cl)s1)C(=O)CSc1nc2ccccc2n1C. The number of hydrogen-bond donors (Lipinski definition) is 0. The van der Waals surface area contributed by atoms with Crippen molar-refractivity contribution < 1.29 is 4.79 Å². The highest BCUT2D eigenvalue weighted by atomic mass is 35.5. The molecule has 2 aromatic heterocycles. The molecule has 7 heteroatoms. The van der Waals surface area contributed by atoms with Crippen LogP contribution in [0.3, 0.4) is 0 Å². The lowest BCUT2D eigenvalue weighted by Gasteiger charge is -2.15. The Hall–Kier alpha value is -1.50. The highest BCUT2D eigenvalue weighted by Gasteiger charge is 2.14. The maximum atomic E-state index is 12.3. The summed E-state index contributed by atoms with van der Waals surface area (Å²) in [5.74, 6) is 0.443. The first kappa shape index (κ1) is 16.4. The molecule has 2 heterocycles. The summed E-state index contributed by atoms with van der Waals surface area (Å²) in [7, 11) is 3.78. The fourth-order valence-corrected chi connectivity index (χ4v) is 4.32. The standard InChI is InChI=1S/C16H16ClN3OS2/c1-19(9-11-7-8-14(17)23-11)15(21)10-22-16-18-12-5-3-4-6-13(12)20(16)2/h3-8H,9-10H2,1-2H3. The average Bonchev–Trinajstić information content (AvgIpc) is 3.09. The van der Waals surface area contributed by atoms with E-state index in [4.69, 9.17) is 11.6 Å². The number of fused-ring (bicyclic) bond motifs is 1. The van der Waals surface area contributed by atoms with Crippen LogP contribution in [0.25, 0.3) is 11.0 Å². The van der Waals surface area contributed by atoms with E-state index in [1.807, 2.05) is 55.1 Å². The second-order valence-corrected chi connectivity index (χ2v) is 7.93. The summed E-state index contributed by atoms with van der Waals surface area (Å²) in [6.07, 6.45) is 0. The summed E-state index contributed by atoms with van der Waals surface area (Å²) in [5, 5.41) is 0.854. The van der Waals surface area contributed by atoms with Crippen molar-refractivity contribution in [1.29, 1.82) is 0 Å². The molecule has 4 nitrogen and oxygen atoms in total. The molecular formula is C16H16ClN3OS2. The number of para-hydroxylation sites is 2. The van der Waals surface area contributed by atoms with Gasteiger partial charge in [-0.1, -0.05) is 35.5 Å². The fraction of sp³-hybridized carbons (Fsp3) is 0.250. The van der Waals surface area contributed by atoms with Crippen molar-refractivity contribution in [2.75, 3.05) is 12.8 Å². The van der Waals surface area contributed by atoms with Gasteiger partial charge >= 0.3 is 0 Å². The molecule has 120 valence electrons. The number of rotatable bonds is 5. The van der Waals surface area contributed by atoms with Crippen molar-refractivity contribution in [3.05, 3.63) is 45.6 Å². The van der Waals surface area contributed by atoms with Gasteiger partial charge in [0.1, 0.15) is 0 Å². The molecule has 0 N–H and O–H groups in total. The Morgan fingerprint density at radius 2 is 2.13 bits per heavy atom. The van der Waals surface area contributed by atoms with Crippen LogP contribution in [0.15, 0.2) is 41.6 Å². The Balaban J connectivity index is 1.62. The first-order chi connectivity index (χ1) is 11.0. The quantitative estimate of drug-likeness (QED) is 0.640.